The van der Waals surface area contributed by atoms with Gasteiger partial charge in [0.05, 0.1) is 17.1 Å². The number of hydrogen-bond acceptors (Lipinski definition) is 5. The predicted octanol–water partition coefficient (Wildman–Crippen LogP) is 3.05. The van der Waals surface area contributed by atoms with Crippen LogP contribution in [0.5, 0.6) is 5.75 Å². The molecule has 5 rings (SSSR count). The first-order valence-electron chi connectivity index (χ1n) is 9.44. The van der Waals surface area contributed by atoms with Gasteiger partial charge in [-0.25, -0.2) is 4.98 Å². The number of aryl methyl sites for hydroxylation is 2. The Labute approximate surface area is 158 Å². The van der Waals surface area contributed by atoms with Gasteiger partial charge in [0.2, 0.25) is 0 Å². The van der Waals surface area contributed by atoms with Gasteiger partial charge in [0.15, 0.2) is 5.65 Å². The molecule has 3 aromatic rings. The molecule has 4 heterocycles. The summed E-state index contributed by atoms with van der Waals surface area (Å²) in [6.45, 7) is 6.62. The van der Waals surface area contributed by atoms with Crippen molar-refractivity contribution in [1.82, 2.24) is 19.7 Å². The number of fused-ring (bicyclic) bond motifs is 2. The Morgan fingerprint density at radius 2 is 2.15 bits per heavy atom. The average molecular weight is 361 g/mol. The van der Waals surface area contributed by atoms with Crippen LogP contribution in [0.4, 0.5) is 5.69 Å². The molecule has 1 atom stereocenters. The third-order valence-corrected chi connectivity index (χ3v) is 5.21. The Morgan fingerprint density at radius 3 is 3.00 bits per heavy atom. The van der Waals surface area contributed by atoms with Crippen LogP contribution < -0.4 is 15.4 Å². The summed E-state index contributed by atoms with van der Waals surface area (Å²) in [7, 11) is 0. The molecule has 138 valence electrons. The van der Waals surface area contributed by atoms with Gasteiger partial charge in [-0.3, -0.25) is 4.98 Å². The number of nitrogens with zero attached hydrogens (tertiary/aromatic N) is 3. The number of anilines is 1. The summed E-state index contributed by atoms with van der Waals surface area (Å²) < 4.78 is 8.10. The molecular formula is C21H23N5O. The summed E-state index contributed by atoms with van der Waals surface area (Å²) in [5.74, 6) is 0.923. The van der Waals surface area contributed by atoms with Crippen LogP contribution in [0.25, 0.3) is 17.3 Å². The van der Waals surface area contributed by atoms with Crippen LogP contribution >= 0.6 is 0 Å². The molecule has 0 unspecified atom stereocenters. The summed E-state index contributed by atoms with van der Waals surface area (Å²) in [5, 5.41) is 6.96. The van der Waals surface area contributed by atoms with E-state index in [0.717, 1.165) is 64.8 Å². The molecule has 27 heavy (non-hydrogen) atoms. The van der Waals surface area contributed by atoms with E-state index in [2.05, 4.69) is 46.1 Å². The van der Waals surface area contributed by atoms with Crippen molar-refractivity contribution < 1.29 is 4.74 Å². The number of benzene rings is 1. The topological polar surface area (TPSA) is 63.5 Å². The maximum atomic E-state index is 6.06. The molecule has 1 saturated heterocycles. The van der Waals surface area contributed by atoms with Gasteiger partial charge >= 0.3 is 0 Å². The number of aromatic nitrogens is 3. The van der Waals surface area contributed by atoms with Crippen molar-refractivity contribution in [1.29, 1.82) is 0 Å². The Kier molecular flexibility index (Phi) is 3.86. The number of nitrogens with one attached hydrogen (secondary N) is 2. The summed E-state index contributed by atoms with van der Waals surface area (Å²) in [5.41, 5.74) is 7.06. The van der Waals surface area contributed by atoms with E-state index in [0.29, 0.717) is 12.6 Å². The highest BCUT2D eigenvalue weighted by molar-refractivity contribution is 5.85. The molecule has 2 aromatic heterocycles. The van der Waals surface area contributed by atoms with E-state index in [9.17, 15) is 0 Å². The fourth-order valence-corrected chi connectivity index (χ4v) is 3.87. The maximum absolute atomic E-state index is 6.06. The second kappa shape index (κ2) is 6.39. The maximum Gasteiger partial charge on any atom is 0.158 e. The number of rotatable bonds is 3. The fourth-order valence-electron chi connectivity index (χ4n) is 3.87. The van der Waals surface area contributed by atoms with Gasteiger partial charge in [-0.2, -0.15) is 0 Å². The van der Waals surface area contributed by atoms with E-state index in [-0.39, 0.29) is 0 Å². The molecule has 6 nitrogen and oxygen atoms in total. The zero-order chi connectivity index (χ0) is 18.4. The van der Waals surface area contributed by atoms with Crippen LogP contribution in [-0.2, 0) is 0 Å². The lowest BCUT2D eigenvalue weighted by Crippen LogP contribution is -2.22. The highest BCUT2D eigenvalue weighted by Gasteiger charge is 2.18. The van der Waals surface area contributed by atoms with E-state index in [1.807, 2.05) is 24.4 Å². The highest BCUT2D eigenvalue weighted by Crippen LogP contribution is 2.33. The van der Waals surface area contributed by atoms with Gasteiger partial charge < -0.3 is 19.8 Å². The third kappa shape index (κ3) is 3.06. The van der Waals surface area contributed by atoms with E-state index < -0.39 is 0 Å². The third-order valence-electron chi connectivity index (χ3n) is 5.21. The zero-order valence-electron chi connectivity index (χ0n) is 15.6. The molecule has 1 fully saturated rings. The molecule has 2 aliphatic heterocycles. The quantitative estimate of drug-likeness (QED) is 0.751. The van der Waals surface area contributed by atoms with Crippen molar-refractivity contribution in [2.24, 2.45) is 0 Å². The molecule has 0 spiro atoms. The molecule has 2 aliphatic rings. The molecular weight excluding hydrogens is 338 g/mol. The van der Waals surface area contributed by atoms with Gasteiger partial charge in [0, 0.05) is 47.9 Å². The molecule has 0 amide bonds. The Hall–Kier alpha value is -2.86. The number of ether oxygens (including phenoxy) is 1. The van der Waals surface area contributed by atoms with Crippen LogP contribution in [0.2, 0.25) is 0 Å². The van der Waals surface area contributed by atoms with Gasteiger partial charge in [0.25, 0.3) is 0 Å². The molecule has 6 heteroatoms. The van der Waals surface area contributed by atoms with Crippen molar-refractivity contribution in [2.75, 3.05) is 25.0 Å². The van der Waals surface area contributed by atoms with Crippen molar-refractivity contribution in [3.8, 4) is 5.75 Å². The number of hydrogen-bond donors (Lipinski definition) is 2. The smallest absolute Gasteiger partial charge is 0.158 e. The standard InChI is InChI=1S/C21H23N5O/c1-13-10-26-11-19(25-21(26)14(2)23-13)16-7-15-3-4-17(8-20(15)27-12-16)24-18-5-6-22-9-18/h3-4,7-8,10-11,18,22,24H,5-6,9,12H2,1-2H3/t18-/m0/s1. The summed E-state index contributed by atoms with van der Waals surface area (Å²) in [6.07, 6.45) is 7.40. The predicted molar refractivity (Wildman–Crippen MR) is 107 cm³/mol. The minimum absolute atomic E-state index is 0.496. The Bertz CT molecular complexity index is 1050. The summed E-state index contributed by atoms with van der Waals surface area (Å²) in [4.78, 5) is 9.27. The van der Waals surface area contributed by atoms with Crippen LogP contribution in [0.1, 0.15) is 29.1 Å². The first-order chi connectivity index (χ1) is 13.2. The normalized spacial score (nSPS) is 18.9. The van der Waals surface area contributed by atoms with Gasteiger partial charge in [-0.05, 0) is 45.0 Å². The monoisotopic (exact) mass is 361 g/mol. The van der Waals surface area contributed by atoms with Crippen molar-refractivity contribution in [3.63, 3.8) is 0 Å². The lowest BCUT2D eigenvalue weighted by atomic mass is 10.0. The zero-order valence-corrected chi connectivity index (χ0v) is 15.6. The molecule has 1 aromatic carbocycles. The first kappa shape index (κ1) is 16.3. The van der Waals surface area contributed by atoms with Gasteiger partial charge in [0.1, 0.15) is 12.4 Å². The van der Waals surface area contributed by atoms with E-state index in [1.165, 1.54) is 0 Å². The second-order valence-corrected chi connectivity index (χ2v) is 7.37. The van der Waals surface area contributed by atoms with E-state index >= 15 is 0 Å². The summed E-state index contributed by atoms with van der Waals surface area (Å²) in [6, 6.07) is 6.84. The second-order valence-electron chi connectivity index (χ2n) is 7.37. The van der Waals surface area contributed by atoms with Crippen molar-refractivity contribution in [2.45, 2.75) is 26.3 Å². The SMILES string of the molecule is Cc1cn2cc(C3=Cc4ccc(N[C@H]5CCNC5)cc4OC3)nc2c(C)n1. The van der Waals surface area contributed by atoms with Gasteiger partial charge in [-0.15, -0.1) is 0 Å². The first-order valence-corrected chi connectivity index (χ1v) is 9.44. The van der Waals surface area contributed by atoms with Gasteiger partial charge in [-0.1, -0.05) is 0 Å². The van der Waals surface area contributed by atoms with Crippen LogP contribution in [0, 0.1) is 13.8 Å². The molecule has 0 aliphatic carbocycles. The molecule has 2 N–H and O–H groups in total. The van der Waals surface area contributed by atoms with Crippen LogP contribution in [0.3, 0.4) is 0 Å². The Balaban J connectivity index is 1.44. The minimum atomic E-state index is 0.496. The lowest BCUT2D eigenvalue weighted by Gasteiger charge is -2.19. The molecule has 0 radical (unpaired) electrons. The Morgan fingerprint density at radius 1 is 1.22 bits per heavy atom. The van der Waals surface area contributed by atoms with Crippen molar-refractivity contribution >= 4 is 23.0 Å². The molecule has 0 bridgehead atoms. The molecule has 0 saturated carbocycles. The number of imidazole rings is 1. The fraction of sp³-hybridized carbons (Fsp3) is 0.333. The summed E-state index contributed by atoms with van der Waals surface area (Å²) >= 11 is 0. The highest BCUT2D eigenvalue weighted by atomic mass is 16.5. The van der Waals surface area contributed by atoms with E-state index in [1.54, 1.807) is 0 Å². The van der Waals surface area contributed by atoms with Crippen LogP contribution in [-0.4, -0.2) is 40.1 Å². The van der Waals surface area contributed by atoms with Crippen LogP contribution in [0.15, 0.2) is 30.6 Å². The average Bonchev–Trinajstić information content (AvgIpc) is 3.31. The largest absolute Gasteiger partial charge is 0.488 e. The minimum Gasteiger partial charge on any atom is -0.488 e. The van der Waals surface area contributed by atoms with Crippen molar-refractivity contribution in [3.05, 3.63) is 53.2 Å². The van der Waals surface area contributed by atoms with E-state index in [4.69, 9.17) is 9.72 Å². The lowest BCUT2D eigenvalue weighted by molar-refractivity contribution is 0.365.